The fraction of sp³-hybridized carbons (Fsp3) is 0.533. The minimum absolute atomic E-state index is 0.0111. The zero-order valence-electron chi connectivity index (χ0n) is 13.1. The number of aliphatic hydroxyl groups is 1. The third kappa shape index (κ3) is 8.94. The number of ether oxygens (including phenoxy) is 2. The van der Waals surface area contributed by atoms with Crippen LogP contribution in [0.4, 0.5) is 19.3 Å². The van der Waals surface area contributed by atoms with Gasteiger partial charge in [0.15, 0.2) is 0 Å². The van der Waals surface area contributed by atoms with Crippen molar-refractivity contribution in [1.82, 2.24) is 5.32 Å². The summed E-state index contributed by atoms with van der Waals surface area (Å²) in [5, 5.41) is 14.6. The van der Waals surface area contributed by atoms with Gasteiger partial charge in [0.1, 0.15) is 5.75 Å². The largest absolute Gasteiger partial charge is 0.435 e. The van der Waals surface area contributed by atoms with Crippen LogP contribution in [0, 0.1) is 5.92 Å². The molecule has 6 nitrogen and oxygen atoms in total. The molecule has 1 aromatic carbocycles. The lowest BCUT2D eigenvalue weighted by Gasteiger charge is -2.14. The second kappa shape index (κ2) is 9.96. The lowest BCUT2D eigenvalue weighted by atomic mass is 10.2. The van der Waals surface area contributed by atoms with Gasteiger partial charge in [-0.3, -0.25) is 0 Å². The Balaban J connectivity index is 2.33. The minimum Gasteiger partial charge on any atom is -0.435 e. The van der Waals surface area contributed by atoms with Gasteiger partial charge in [-0.05, 0) is 18.1 Å². The van der Waals surface area contributed by atoms with Gasteiger partial charge in [-0.25, -0.2) is 4.79 Å². The molecule has 0 bridgehead atoms. The molecule has 0 aliphatic carbocycles. The summed E-state index contributed by atoms with van der Waals surface area (Å²) in [6, 6.07) is 5.06. The van der Waals surface area contributed by atoms with Gasteiger partial charge in [0, 0.05) is 24.9 Å². The van der Waals surface area contributed by atoms with Gasteiger partial charge < -0.3 is 25.2 Å². The first-order chi connectivity index (χ1) is 10.9. The molecule has 1 atom stereocenters. The monoisotopic (exact) mass is 332 g/mol. The standard InChI is InChI=1S/C15H22F2N2O4/c1-10(2)8-22-9-12(20)7-18-15(21)19-11-4-3-5-13(6-11)23-14(16)17/h3-6,10,12,14,20H,7-9H2,1-2H3,(H2,18,19,21). The topological polar surface area (TPSA) is 79.8 Å². The van der Waals surface area contributed by atoms with Gasteiger partial charge in [-0.2, -0.15) is 8.78 Å². The Morgan fingerprint density at radius 2 is 2.04 bits per heavy atom. The van der Waals surface area contributed by atoms with Crippen molar-refractivity contribution in [1.29, 1.82) is 0 Å². The van der Waals surface area contributed by atoms with E-state index in [0.717, 1.165) is 0 Å². The molecule has 130 valence electrons. The lowest BCUT2D eigenvalue weighted by Crippen LogP contribution is -2.37. The van der Waals surface area contributed by atoms with Gasteiger partial charge in [0.2, 0.25) is 0 Å². The summed E-state index contributed by atoms with van der Waals surface area (Å²) < 4.78 is 33.7. The van der Waals surface area contributed by atoms with Crippen molar-refractivity contribution in [3.63, 3.8) is 0 Å². The molecule has 0 aliphatic heterocycles. The van der Waals surface area contributed by atoms with Crippen LogP contribution in [-0.2, 0) is 4.74 Å². The van der Waals surface area contributed by atoms with E-state index in [4.69, 9.17) is 4.74 Å². The van der Waals surface area contributed by atoms with Crippen LogP contribution in [0.1, 0.15) is 13.8 Å². The van der Waals surface area contributed by atoms with E-state index in [2.05, 4.69) is 15.4 Å². The number of urea groups is 1. The molecule has 2 amide bonds. The summed E-state index contributed by atoms with van der Waals surface area (Å²) in [5.74, 6) is 0.307. The Morgan fingerprint density at radius 1 is 1.30 bits per heavy atom. The second-order valence-corrected chi connectivity index (χ2v) is 5.33. The van der Waals surface area contributed by atoms with Crippen LogP contribution in [-0.4, -0.2) is 43.6 Å². The zero-order valence-corrected chi connectivity index (χ0v) is 13.1. The molecule has 0 spiro atoms. The van der Waals surface area contributed by atoms with Crippen LogP contribution >= 0.6 is 0 Å². The molecule has 0 radical (unpaired) electrons. The summed E-state index contributed by atoms with van der Waals surface area (Å²) >= 11 is 0. The maximum atomic E-state index is 12.1. The number of hydrogen-bond acceptors (Lipinski definition) is 4. The number of rotatable bonds is 9. The Hall–Kier alpha value is -1.93. The third-order valence-corrected chi connectivity index (χ3v) is 2.58. The van der Waals surface area contributed by atoms with Gasteiger partial charge in [0.05, 0.1) is 12.7 Å². The zero-order chi connectivity index (χ0) is 17.2. The fourth-order valence-electron chi connectivity index (χ4n) is 1.63. The van der Waals surface area contributed by atoms with Crippen LogP contribution in [0.25, 0.3) is 0 Å². The normalized spacial score (nSPS) is 12.3. The number of benzene rings is 1. The van der Waals surface area contributed by atoms with Crippen LogP contribution in [0.3, 0.4) is 0 Å². The number of carbonyl (C=O) groups excluding carboxylic acids is 1. The molecule has 23 heavy (non-hydrogen) atoms. The van der Waals surface area contributed by atoms with Crippen LogP contribution in [0.15, 0.2) is 24.3 Å². The number of halogens is 2. The number of hydrogen-bond donors (Lipinski definition) is 3. The molecule has 0 saturated heterocycles. The number of carbonyl (C=O) groups is 1. The Bertz CT molecular complexity index is 486. The van der Waals surface area contributed by atoms with Crippen molar-refractivity contribution in [2.24, 2.45) is 5.92 Å². The summed E-state index contributed by atoms with van der Waals surface area (Å²) in [5.41, 5.74) is 0.297. The molecule has 0 heterocycles. The molecule has 0 fully saturated rings. The smallest absolute Gasteiger partial charge is 0.387 e. The highest BCUT2D eigenvalue weighted by Gasteiger charge is 2.09. The maximum absolute atomic E-state index is 12.1. The highest BCUT2D eigenvalue weighted by atomic mass is 19.3. The maximum Gasteiger partial charge on any atom is 0.387 e. The van der Waals surface area contributed by atoms with Crippen LogP contribution < -0.4 is 15.4 Å². The number of amides is 2. The van der Waals surface area contributed by atoms with E-state index < -0.39 is 18.7 Å². The van der Waals surface area contributed by atoms with Gasteiger partial charge >= 0.3 is 12.6 Å². The highest BCUT2D eigenvalue weighted by molar-refractivity contribution is 5.89. The molecule has 0 aromatic heterocycles. The quantitative estimate of drug-likeness (QED) is 0.649. The van der Waals surface area contributed by atoms with E-state index in [1.54, 1.807) is 0 Å². The molecule has 1 unspecified atom stereocenters. The van der Waals surface area contributed by atoms with Gasteiger partial charge in [-0.1, -0.05) is 19.9 Å². The highest BCUT2D eigenvalue weighted by Crippen LogP contribution is 2.19. The molecular weight excluding hydrogens is 310 g/mol. The summed E-state index contributed by atoms with van der Waals surface area (Å²) in [6.07, 6.45) is -0.826. The van der Waals surface area contributed by atoms with Gasteiger partial charge in [0.25, 0.3) is 0 Å². The number of alkyl halides is 2. The van der Waals surface area contributed by atoms with Crippen molar-refractivity contribution >= 4 is 11.7 Å². The van der Waals surface area contributed by atoms with E-state index in [1.165, 1.54) is 24.3 Å². The number of nitrogens with one attached hydrogen (secondary N) is 2. The first-order valence-corrected chi connectivity index (χ1v) is 7.22. The predicted octanol–water partition coefficient (Wildman–Crippen LogP) is 2.44. The summed E-state index contributed by atoms with van der Waals surface area (Å²) in [7, 11) is 0. The molecular formula is C15H22F2N2O4. The van der Waals surface area contributed by atoms with Crippen LogP contribution in [0.5, 0.6) is 5.75 Å². The molecule has 8 heteroatoms. The minimum atomic E-state index is -2.93. The Kier molecular flexibility index (Phi) is 8.28. The average molecular weight is 332 g/mol. The van der Waals surface area contributed by atoms with E-state index in [9.17, 15) is 18.7 Å². The molecule has 0 saturated carbocycles. The average Bonchev–Trinajstić information content (AvgIpc) is 2.44. The SMILES string of the molecule is CC(C)COCC(O)CNC(=O)Nc1cccc(OC(F)F)c1. The van der Waals surface area contributed by atoms with E-state index in [1.807, 2.05) is 13.8 Å². The second-order valence-electron chi connectivity index (χ2n) is 5.33. The van der Waals surface area contributed by atoms with Crippen molar-refractivity contribution in [3.8, 4) is 5.75 Å². The lowest BCUT2D eigenvalue weighted by molar-refractivity contribution is -0.0498. The van der Waals surface area contributed by atoms with Crippen molar-refractivity contribution in [2.75, 3.05) is 25.1 Å². The Labute approximate surface area is 133 Å². The predicted molar refractivity (Wildman–Crippen MR) is 81.8 cm³/mol. The Morgan fingerprint density at radius 3 is 2.70 bits per heavy atom. The van der Waals surface area contributed by atoms with E-state index >= 15 is 0 Å². The first-order valence-electron chi connectivity index (χ1n) is 7.22. The molecule has 1 aromatic rings. The van der Waals surface area contributed by atoms with Crippen molar-refractivity contribution < 1.29 is 28.2 Å². The third-order valence-electron chi connectivity index (χ3n) is 2.58. The van der Waals surface area contributed by atoms with E-state index in [0.29, 0.717) is 18.2 Å². The van der Waals surface area contributed by atoms with Crippen molar-refractivity contribution in [2.45, 2.75) is 26.6 Å². The van der Waals surface area contributed by atoms with E-state index in [-0.39, 0.29) is 18.9 Å². The van der Waals surface area contributed by atoms with Gasteiger partial charge in [-0.15, -0.1) is 0 Å². The molecule has 0 aliphatic rings. The van der Waals surface area contributed by atoms with Crippen LogP contribution in [0.2, 0.25) is 0 Å². The number of aliphatic hydroxyl groups excluding tert-OH is 1. The first kappa shape index (κ1) is 19.1. The summed E-state index contributed by atoms with van der Waals surface area (Å²) in [6.45, 7) is 1.71. The summed E-state index contributed by atoms with van der Waals surface area (Å²) in [4.78, 5) is 11.7. The molecule has 3 N–H and O–H groups in total. The number of anilines is 1. The fourth-order valence-corrected chi connectivity index (χ4v) is 1.63. The van der Waals surface area contributed by atoms with Crippen molar-refractivity contribution in [3.05, 3.63) is 24.3 Å². The molecule has 1 rings (SSSR count).